The molecule has 2 heteroatoms. The molecule has 1 atom stereocenters. The predicted molar refractivity (Wildman–Crippen MR) is 61.1 cm³/mol. The Labute approximate surface area is 88.1 Å². The fraction of sp³-hybridized carbons (Fsp3) is 0.833. The van der Waals surface area contributed by atoms with Gasteiger partial charge in [-0.25, -0.2) is 0 Å². The Morgan fingerprint density at radius 1 is 1.57 bits per heavy atom. The summed E-state index contributed by atoms with van der Waals surface area (Å²) in [6.07, 6.45) is 9.38. The number of likely N-dealkylation sites (N-methyl/N-ethyl adjacent to an activating group) is 1. The van der Waals surface area contributed by atoms with Crippen LogP contribution in [-0.4, -0.2) is 37.6 Å². The van der Waals surface area contributed by atoms with Gasteiger partial charge in [-0.2, -0.15) is 0 Å². The van der Waals surface area contributed by atoms with Gasteiger partial charge in [-0.3, -0.25) is 4.90 Å². The lowest BCUT2D eigenvalue weighted by Crippen LogP contribution is -2.42. The van der Waals surface area contributed by atoms with E-state index in [1.165, 1.54) is 25.8 Å². The highest BCUT2D eigenvalue weighted by Gasteiger charge is 2.26. The van der Waals surface area contributed by atoms with E-state index >= 15 is 0 Å². The molecule has 2 nitrogen and oxygen atoms in total. The third kappa shape index (κ3) is 3.69. The molecule has 0 amide bonds. The van der Waals surface area contributed by atoms with Crippen LogP contribution in [0, 0.1) is 18.3 Å². The molecule has 14 heavy (non-hydrogen) atoms. The van der Waals surface area contributed by atoms with Gasteiger partial charge in [0.1, 0.15) is 0 Å². The van der Waals surface area contributed by atoms with E-state index in [1.807, 2.05) is 7.05 Å². The lowest BCUT2D eigenvalue weighted by Gasteiger charge is -2.29. The van der Waals surface area contributed by atoms with E-state index in [1.54, 1.807) is 0 Å². The SMILES string of the molecule is C#CCN(CC1CC1)C(CC)CNC. The molecule has 80 valence electrons. The Balaban J connectivity index is 2.39. The fourth-order valence-electron chi connectivity index (χ4n) is 1.86. The van der Waals surface area contributed by atoms with Crippen LogP contribution in [0.1, 0.15) is 26.2 Å². The van der Waals surface area contributed by atoms with Crippen molar-refractivity contribution in [3.63, 3.8) is 0 Å². The second kappa shape index (κ2) is 6.06. The van der Waals surface area contributed by atoms with Gasteiger partial charge in [-0.15, -0.1) is 6.42 Å². The molecule has 1 rings (SSSR count). The van der Waals surface area contributed by atoms with Crippen LogP contribution in [0.3, 0.4) is 0 Å². The largest absolute Gasteiger partial charge is 0.318 e. The van der Waals surface area contributed by atoms with Gasteiger partial charge >= 0.3 is 0 Å². The Bertz CT molecular complexity index is 191. The molecule has 1 aliphatic rings. The van der Waals surface area contributed by atoms with Crippen LogP contribution in [0.2, 0.25) is 0 Å². The molecule has 0 aromatic carbocycles. The zero-order valence-corrected chi connectivity index (χ0v) is 9.42. The number of hydrogen-bond donors (Lipinski definition) is 1. The molecule has 0 spiro atoms. The van der Waals surface area contributed by atoms with Crippen molar-refractivity contribution >= 4 is 0 Å². The predicted octanol–water partition coefficient (Wildman–Crippen LogP) is 1.33. The van der Waals surface area contributed by atoms with E-state index in [0.717, 1.165) is 19.0 Å². The van der Waals surface area contributed by atoms with Crippen molar-refractivity contribution in [1.82, 2.24) is 10.2 Å². The summed E-state index contributed by atoms with van der Waals surface area (Å²) < 4.78 is 0. The third-order valence-corrected chi connectivity index (χ3v) is 2.91. The maximum atomic E-state index is 5.40. The first-order valence-electron chi connectivity index (χ1n) is 5.63. The van der Waals surface area contributed by atoms with Crippen molar-refractivity contribution in [2.45, 2.75) is 32.2 Å². The highest BCUT2D eigenvalue weighted by Crippen LogP contribution is 2.30. The lowest BCUT2D eigenvalue weighted by molar-refractivity contribution is 0.204. The summed E-state index contributed by atoms with van der Waals surface area (Å²) >= 11 is 0. The lowest BCUT2D eigenvalue weighted by atomic mass is 10.1. The number of nitrogens with one attached hydrogen (secondary N) is 1. The summed E-state index contributed by atoms with van der Waals surface area (Å²) in [6.45, 7) is 5.28. The first kappa shape index (κ1) is 11.6. The van der Waals surface area contributed by atoms with Crippen LogP contribution >= 0.6 is 0 Å². The van der Waals surface area contributed by atoms with Crippen LogP contribution in [0.5, 0.6) is 0 Å². The van der Waals surface area contributed by atoms with E-state index in [2.05, 4.69) is 23.1 Å². The van der Waals surface area contributed by atoms with Crippen molar-refractivity contribution in [3.8, 4) is 12.3 Å². The average Bonchev–Trinajstić information content (AvgIpc) is 2.97. The minimum absolute atomic E-state index is 0.608. The second-order valence-corrected chi connectivity index (χ2v) is 4.20. The molecule has 0 aliphatic heterocycles. The summed E-state index contributed by atoms with van der Waals surface area (Å²) in [5, 5.41) is 3.24. The van der Waals surface area contributed by atoms with Gasteiger partial charge in [0.05, 0.1) is 6.54 Å². The monoisotopic (exact) mass is 194 g/mol. The van der Waals surface area contributed by atoms with Crippen LogP contribution in [-0.2, 0) is 0 Å². The van der Waals surface area contributed by atoms with Gasteiger partial charge in [-0.1, -0.05) is 12.8 Å². The minimum atomic E-state index is 0.608. The molecule has 0 bridgehead atoms. The molecule has 0 heterocycles. The summed E-state index contributed by atoms with van der Waals surface area (Å²) in [4.78, 5) is 2.45. The van der Waals surface area contributed by atoms with Crippen molar-refractivity contribution in [3.05, 3.63) is 0 Å². The maximum absolute atomic E-state index is 5.40. The maximum Gasteiger partial charge on any atom is 0.0601 e. The third-order valence-electron chi connectivity index (χ3n) is 2.91. The Hall–Kier alpha value is -0.520. The van der Waals surface area contributed by atoms with Crippen LogP contribution in [0.25, 0.3) is 0 Å². The van der Waals surface area contributed by atoms with Crippen molar-refractivity contribution < 1.29 is 0 Å². The molecular weight excluding hydrogens is 172 g/mol. The molecule has 0 saturated heterocycles. The molecule has 1 aliphatic carbocycles. The van der Waals surface area contributed by atoms with Gasteiger partial charge < -0.3 is 5.32 Å². The average molecular weight is 194 g/mol. The summed E-state index contributed by atoms with van der Waals surface area (Å²) in [6, 6.07) is 0.608. The highest BCUT2D eigenvalue weighted by atomic mass is 15.2. The number of rotatable bonds is 7. The molecule has 0 aromatic rings. The number of nitrogens with zero attached hydrogens (tertiary/aromatic N) is 1. The van der Waals surface area contributed by atoms with Crippen molar-refractivity contribution in [2.24, 2.45) is 5.92 Å². The molecule has 0 aromatic heterocycles. The van der Waals surface area contributed by atoms with E-state index < -0.39 is 0 Å². The Kier molecular flexibility index (Phi) is 5.00. The number of terminal acetylenes is 1. The Morgan fingerprint density at radius 2 is 2.29 bits per heavy atom. The van der Waals surface area contributed by atoms with Gasteiger partial charge in [-0.05, 0) is 32.2 Å². The quantitative estimate of drug-likeness (QED) is 0.615. The highest BCUT2D eigenvalue weighted by molar-refractivity contribution is 4.92. The van der Waals surface area contributed by atoms with Gasteiger partial charge in [0.25, 0.3) is 0 Å². The molecule has 1 saturated carbocycles. The van der Waals surface area contributed by atoms with Gasteiger partial charge in [0.15, 0.2) is 0 Å². The van der Waals surface area contributed by atoms with E-state index in [0.29, 0.717) is 6.04 Å². The molecular formula is C12H22N2. The molecule has 1 fully saturated rings. The fourth-order valence-corrected chi connectivity index (χ4v) is 1.86. The molecule has 0 radical (unpaired) electrons. The minimum Gasteiger partial charge on any atom is -0.318 e. The summed E-state index contributed by atoms with van der Waals surface area (Å²) in [5.41, 5.74) is 0. The van der Waals surface area contributed by atoms with E-state index in [9.17, 15) is 0 Å². The normalized spacial score (nSPS) is 18.1. The van der Waals surface area contributed by atoms with Crippen LogP contribution < -0.4 is 5.32 Å². The number of hydrogen-bond acceptors (Lipinski definition) is 2. The molecule has 1 unspecified atom stereocenters. The van der Waals surface area contributed by atoms with Crippen LogP contribution in [0.4, 0.5) is 0 Å². The van der Waals surface area contributed by atoms with Crippen molar-refractivity contribution in [1.29, 1.82) is 0 Å². The zero-order valence-electron chi connectivity index (χ0n) is 9.42. The molecule has 1 N–H and O–H groups in total. The van der Waals surface area contributed by atoms with Gasteiger partial charge in [0.2, 0.25) is 0 Å². The smallest absolute Gasteiger partial charge is 0.0601 e. The Morgan fingerprint density at radius 3 is 2.71 bits per heavy atom. The second-order valence-electron chi connectivity index (χ2n) is 4.20. The van der Waals surface area contributed by atoms with Crippen LogP contribution in [0.15, 0.2) is 0 Å². The van der Waals surface area contributed by atoms with E-state index in [4.69, 9.17) is 6.42 Å². The summed E-state index contributed by atoms with van der Waals surface area (Å²) in [7, 11) is 2.01. The first-order chi connectivity index (χ1) is 6.81. The first-order valence-corrected chi connectivity index (χ1v) is 5.63. The van der Waals surface area contributed by atoms with Crippen molar-refractivity contribution in [2.75, 3.05) is 26.7 Å². The van der Waals surface area contributed by atoms with E-state index in [-0.39, 0.29) is 0 Å². The topological polar surface area (TPSA) is 15.3 Å². The zero-order chi connectivity index (χ0) is 10.4. The van der Waals surface area contributed by atoms with Gasteiger partial charge in [0, 0.05) is 19.1 Å². The summed E-state index contributed by atoms with van der Waals surface area (Å²) in [5.74, 6) is 3.70. The standard InChI is InChI=1S/C12H22N2/c1-4-8-14(10-11-6-7-11)12(5-2)9-13-3/h1,11-13H,5-10H2,2-3H3.